The molecule has 3 heterocycles. The van der Waals surface area contributed by atoms with Gasteiger partial charge >= 0.3 is 0 Å². The topological polar surface area (TPSA) is 79.8 Å². The van der Waals surface area contributed by atoms with E-state index in [1.54, 1.807) is 12.4 Å². The second-order valence-corrected chi connectivity index (χ2v) is 4.77. The van der Waals surface area contributed by atoms with Crippen molar-refractivity contribution < 1.29 is 4.79 Å². The summed E-state index contributed by atoms with van der Waals surface area (Å²) in [5.41, 5.74) is 2.38. The second kappa shape index (κ2) is 4.52. The number of anilines is 2. The monoisotopic (exact) mass is 277 g/mol. The Bertz CT molecular complexity index is 862. The standard InChI is InChI=1S/C15H11N5O/c21-13-8-18-15-12(19-13)7-17-14(20-15)10-5-9-3-1-2-4-11(9)16-6-10/h1-7H,8H2,(H,19,21)(H,17,18,20). The fraction of sp³-hybridized carbons (Fsp3) is 0.0667. The summed E-state index contributed by atoms with van der Waals surface area (Å²) in [7, 11) is 0. The lowest BCUT2D eigenvalue weighted by Crippen LogP contribution is -2.28. The zero-order valence-corrected chi connectivity index (χ0v) is 11.0. The molecule has 0 radical (unpaired) electrons. The molecule has 0 atom stereocenters. The molecule has 4 rings (SSSR count). The summed E-state index contributed by atoms with van der Waals surface area (Å²) in [6.45, 7) is 0.222. The molecule has 0 bridgehead atoms. The average molecular weight is 277 g/mol. The molecule has 0 unspecified atom stereocenters. The van der Waals surface area contributed by atoms with Gasteiger partial charge < -0.3 is 10.6 Å². The normalized spacial score (nSPS) is 13.4. The number of rotatable bonds is 1. The van der Waals surface area contributed by atoms with E-state index in [0.717, 1.165) is 16.5 Å². The zero-order chi connectivity index (χ0) is 14.2. The predicted octanol–water partition coefficient (Wildman–Crippen LogP) is 2.06. The van der Waals surface area contributed by atoms with Crippen LogP contribution in [-0.4, -0.2) is 27.4 Å². The number of pyridine rings is 1. The number of aromatic nitrogens is 3. The van der Waals surface area contributed by atoms with Crippen LogP contribution in [0.15, 0.2) is 42.7 Å². The first-order valence-corrected chi connectivity index (χ1v) is 6.55. The molecule has 0 saturated heterocycles. The average Bonchev–Trinajstić information content (AvgIpc) is 2.54. The molecule has 1 aliphatic rings. The van der Waals surface area contributed by atoms with Crippen LogP contribution in [-0.2, 0) is 4.79 Å². The van der Waals surface area contributed by atoms with Crippen molar-refractivity contribution in [3.05, 3.63) is 42.7 Å². The lowest BCUT2D eigenvalue weighted by molar-refractivity contribution is -0.114. The minimum Gasteiger partial charge on any atom is -0.359 e. The third-order valence-corrected chi connectivity index (χ3v) is 3.33. The Hall–Kier alpha value is -3.02. The van der Waals surface area contributed by atoms with Crippen LogP contribution in [0.5, 0.6) is 0 Å². The quantitative estimate of drug-likeness (QED) is 0.711. The van der Waals surface area contributed by atoms with Gasteiger partial charge in [0.15, 0.2) is 11.6 Å². The molecule has 2 aromatic heterocycles. The maximum atomic E-state index is 11.3. The maximum absolute atomic E-state index is 11.3. The van der Waals surface area contributed by atoms with Gasteiger partial charge in [0.05, 0.1) is 18.3 Å². The molecular weight excluding hydrogens is 266 g/mol. The molecule has 6 heteroatoms. The highest BCUT2D eigenvalue weighted by atomic mass is 16.2. The number of carbonyl (C=O) groups is 1. The highest BCUT2D eigenvalue weighted by Crippen LogP contribution is 2.25. The Labute approximate surface area is 120 Å². The van der Waals surface area contributed by atoms with Gasteiger partial charge in [-0.05, 0) is 12.1 Å². The van der Waals surface area contributed by atoms with Crippen molar-refractivity contribution in [2.24, 2.45) is 0 Å². The van der Waals surface area contributed by atoms with Gasteiger partial charge in [-0.25, -0.2) is 9.97 Å². The van der Waals surface area contributed by atoms with Crippen LogP contribution in [0, 0.1) is 0 Å². The van der Waals surface area contributed by atoms with Gasteiger partial charge in [-0.15, -0.1) is 0 Å². The Morgan fingerprint density at radius 3 is 2.95 bits per heavy atom. The van der Waals surface area contributed by atoms with Crippen LogP contribution in [0.1, 0.15) is 0 Å². The molecule has 2 N–H and O–H groups in total. The van der Waals surface area contributed by atoms with Crippen LogP contribution in [0.4, 0.5) is 11.5 Å². The van der Waals surface area contributed by atoms with E-state index < -0.39 is 0 Å². The lowest BCUT2D eigenvalue weighted by atomic mass is 10.1. The molecule has 0 aliphatic carbocycles. The van der Waals surface area contributed by atoms with E-state index >= 15 is 0 Å². The minimum atomic E-state index is -0.0915. The van der Waals surface area contributed by atoms with Crippen LogP contribution in [0.25, 0.3) is 22.3 Å². The second-order valence-electron chi connectivity index (χ2n) is 4.77. The third-order valence-electron chi connectivity index (χ3n) is 3.33. The summed E-state index contributed by atoms with van der Waals surface area (Å²) >= 11 is 0. The van der Waals surface area contributed by atoms with Gasteiger partial charge in [-0.2, -0.15) is 0 Å². The highest BCUT2D eigenvalue weighted by molar-refractivity contribution is 5.99. The maximum Gasteiger partial charge on any atom is 0.243 e. The summed E-state index contributed by atoms with van der Waals surface area (Å²) < 4.78 is 0. The molecule has 0 fully saturated rings. The Balaban J connectivity index is 1.79. The van der Waals surface area contributed by atoms with E-state index in [9.17, 15) is 4.79 Å². The van der Waals surface area contributed by atoms with Crippen molar-refractivity contribution >= 4 is 28.3 Å². The van der Waals surface area contributed by atoms with Crippen LogP contribution in [0.3, 0.4) is 0 Å². The molecular formula is C15H11N5O. The summed E-state index contributed by atoms with van der Waals surface area (Å²) in [6, 6.07) is 9.90. The van der Waals surface area contributed by atoms with E-state index in [0.29, 0.717) is 17.3 Å². The Morgan fingerprint density at radius 1 is 1.10 bits per heavy atom. The van der Waals surface area contributed by atoms with E-state index in [4.69, 9.17) is 0 Å². The fourth-order valence-corrected chi connectivity index (χ4v) is 2.30. The number of nitrogens with one attached hydrogen (secondary N) is 2. The molecule has 21 heavy (non-hydrogen) atoms. The van der Waals surface area contributed by atoms with Gasteiger partial charge in [0, 0.05) is 17.1 Å². The van der Waals surface area contributed by atoms with Gasteiger partial charge in [0.25, 0.3) is 0 Å². The molecule has 1 aliphatic heterocycles. The smallest absolute Gasteiger partial charge is 0.243 e. The Kier molecular flexibility index (Phi) is 2.53. The molecule has 1 amide bonds. The number of carbonyl (C=O) groups excluding carboxylic acids is 1. The number of nitrogens with zero attached hydrogens (tertiary/aromatic N) is 3. The highest BCUT2D eigenvalue weighted by Gasteiger charge is 2.16. The van der Waals surface area contributed by atoms with Crippen molar-refractivity contribution in [1.29, 1.82) is 0 Å². The summed E-state index contributed by atoms with van der Waals surface area (Å²) in [4.78, 5) is 24.4. The van der Waals surface area contributed by atoms with E-state index in [1.807, 2.05) is 30.3 Å². The molecule has 1 aromatic carbocycles. The summed E-state index contributed by atoms with van der Waals surface area (Å²) in [5.74, 6) is 1.12. The Morgan fingerprint density at radius 2 is 2.00 bits per heavy atom. The third kappa shape index (κ3) is 2.06. The van der Waals surface area contributed by atoms with Crippen molar-refractivity contribution in [2.45, 2.75) is 0 Å². The van der Waals surface area contributed by atoms with Crippen molar-refractivity contribution in [2.75, 3.05) is 17.2 Å². The van der Waals surface area contributed by atoms with Crippen molar-refractivity contribution in [3.8, 4) is 11.4 Å². The van der Waals surface area contributed by atoms with Crippen LogP contribution in [0.2, 0.25) is 0 Å². The summed E-state index contributed by atoms with van der Waals surface area (Å²) in [5, 5.41) is 6.74. The van der Waals surface area contributed by atoms with E-state index in [1.165, 1.54) is 0 Å². The zero-order valence-electron chi connectivity index (χ0n) is 11.0. The van der Waals surface area contributed by atoms with Gasteiger partial charge in [-0.3, -0.25) is 9.78 Å². The van der Waals surface area contributed by atoms with Crippen molar-refractivity contribution in [1.82, 2.24) is 15.0 Å². The largest absolute Gasteiger partial charge is 0.359 e. The number of para-hydroxylation sites is 1. The summed E-state index contributed by atoms with van der Waals surface area (Å²) in [6.07, 6.45) is 3.36. The number of hydrogen-bond acceptors (Lipinski definition) is 5. The number of hydrogen-bond donors (Lipinski definition) is 2. The first-order valence-electron chi connectivity index (χ1n) is 6.55. The van der Waals surface area contributed by atoms with Gasteiger partial charge in [-0.1, -0.05) is 18.2 Å². The molecule has 102 valence electrons. The van der Waals surface area contributed by atoms with Gasteiger partial charge in [0.2, 0.25) is 5.91 Å². The van der Waals surface area contributed by atoms with Crippen LogP contribution < -0.4 is 10.6 Å². The SMILES string of the molecule is O=C1CNc2nc(-c3cnc4ccccc4c3)ncc2N1. The lowest BCUT2D eigenvalue weighted by Gasteiger charge is -2.17. The first-order chi connectivity index (χ1) is 10.3. The van der Waals surface area contributed by atoms with Gasteiger partial charge in [0.1, 0.15) is 5.69 Å². The van der Waals surface area contributed by atoms with Crippen molar-refractivity contribution in [3.63, 3.8) is 0 Å². The number of amides is 1. The molecule has 6 nitrogen and oxygen atoms in total. The van der Waals surface area contributed by atoms with E-state index in [-0.39, 0.29) is 12.5 Å². The van der Waals surface area contributed by atoms with E-state index in [2.05, 4.69) is 25.6 Å². The first kappa shape index (κ1) is 11.8. The minimum absolute atomic E-state index is 0.0915. The molecule has 3 aromatic rings. The predicted molar refractivity (Wildman–Crippen MR) is 79.9 cm³/mol. The number of benzene rings is 1. The van der Waals surface area contributed by atoms with Crippen LogP contribution >= 0.6 is 0 Å². The molecule has 0 saturated carbocycles. The fourth-order valence-electron chi connectivity index (χ4n) is 2.30. The molecule has 0 spiro atoms. The number of fused-ring (bicyclic) bond motifs is 2.